The first-order valence-corrected chi connectivity index (χ1v) is 13.8. The van der Waals surface area contributed by atoms with Gasteiger partial charge in [-0.3, -0.25) is 4.79 Å². The van der Waals surface area contributed by atoms with Crippen molar-refractivity contribution >= 4 is 45.0 Å². The maximum absolute atomic E-state index is 13.1. The monoisotopic (exact) mass is 626 g/mol. The van der Waals surface area contributed by atoms with Gasteiger partial charge in [-0.25, -0.2) is 0 Å². The summed E-state index contributed by atoms with van der Waals surface area (Å²) in [5, 5.41) is 13.5. The van der Waals surface area contributed by atoms with Gasteiger partial charge in [-0.15, -0.1) is 0 Å². The molecule has 3 heterocycles. The molecule has 2 aromatic carbocycles. The molecule has 1 aromatic heterocycles. The van der Waals surface area contributed by atoms with Gasteiger partial charge in [0.25, 0.3) is 5.91 Å². The highest BCUT2D eigenvalue weighted by atomic mass is 79.9. The summed E-state index contributed by atoms with van der Waals surface area (Å²) in [5.74, 6) is 2.58. The van der Waals surface area contributed by atoms with Crippen LogP contribution < -0.4 is 24.4 Å². The lowest BCUT2D eigenvalue weighted by Gasteiger charge is -2.28. The number of carbonyl (C=O) groups excluding carboxylic acids is 1. The lowest BCUT2D eigenvalue weighted by molar-refractivity contribution is 0.0769. The van der Waals surface area contributed by atoms with Gasteiger partial charge in [0.15, 0.2) is 17.3 Å². The number of nitrogens with zero attached hydrogens (tertiary/aromatic N) is 5. The van der Waals surface area contributed by atoms with Gasteiger partial charge in [0, 0.05) is 48.5 Å². The van der Waals surface area contributed by atoms with Crippen molar-refractivity contribution in [1.29, 1.82) is 0 Å². The number of methoxy groups -OCH3 is 3. The molecule has 0 bridgehead atoms. The molecule has 0 spiro atoms. The van der Waals surface area contributed by atoms with E-state index in [9.17, 15) is 9.90 Å². The van der Waals surface area contributed by atoms with Gasteiger partial charge in [0.05, 0.1) is 40.1 Å². The Morgan fingerprint density at radius 1 is 1.00 bits per heavy atom. The van der Waals surface area contributed by atoms with Crippen molar-refractivity contribution in [3.05, 3.63) is 52.3 Å². The lowest BCUT2D eigenvalue weighted by atomic mass is 10.1. The first-order chi connectivity index (χ1) is 19.9. The van der Waals surface area contributed by atoms with Gasteiger partial charge in [0.1, 0.15) is 5.75 Å². The number of benzene rings is 2. The molecule has 5 rings (SSSR count). The molecule has 1 amide bonds. The van der Waals surface area contributed by atoms with Crippen molar-refractivity contribution in [2.45, 2.75) is 6.42 Å². The Bertz CT molecular complexity index is 1440. The van der Waals surface area contributed by atoms with E-state index in [0.717, 1.165) is 5.57 Å². The summed E-state index contributed by atoms with van der Waals surface area (Å²) in [4.78, 5) is 31.0. The van der Waals surface area contributed by atoms with E-state index in [2.05, 4.69) is 26.1 Å². The number of anilines is 3. The number of carbonyl (C=O) groups is 1. The van der Waals surface area contributed by atoms with E-state index in [1.54, 1.807) is 50.5 Å². The van der Waals surface area contributed by atoms with E-state index >= 15 is 0 Å². The second-order valence-corrected chi connectivity index (χ2v) is 10.2. The Hall–Kier alpha value is -4.10. The Balaban J connectivity index is 1.44. The Morgan fingerprint density at radius 2 is 1.73 bits per heavy atom. The van der Waals surface area contributed by atoms with Crippen molar-refractivity contribution in [3.63, 3.8) is 0 Å². The van der Waals surface area contributed by atoms with E-state index in [4.69, 9.17) is 33.9 Å². The average Bonchev–Trinajstić information content (AvgIpc) is 3.00. The molecule has 0 saturated carbocycles. The zero-order valence-corrected chi connectivity index (χ0v) is 24.6. The number of hydrogen-bond acceptors (Lipinski definition) is 11. The molecule has 216 valence electrons. The summed E-state index contributed by atoms with van der Waals surface area (Å²) in [6.45, 7) is 3.29. The minimum Gasteiger partial charge on any atom is -0.507 e. The summed E-state index contributed by atoms with van der Waals surface area (Å²) < 4.78 is 22.6. The van der Waals surface area contributed by atoms with Crippen molar-refractivity contribution in [2.75, 3.05) is 70.9 Å². The largest absolute Gasteiger partial charge is 0.507 e. The van der Waals surface area contributed by atoms with Crippen molar-refractivity contribution in [1.82, 2.24) is 19.9 Å². The van der Waals surface area contributed by atoms with Gasteiger partial charge in [-0.2, -0.15) is 15.0 Å². The number of aromatic nitrogens is 3. The average molecular weight is 627 g/mol. The molecule has 2 aliphatic heterocycles. The quantitative estimate of drug-likeness (QED) is 0.377. The third-order valence-corrected chi connectivity index (χ3v) is 7.31. The highest BCUT2D eigenvalue weighted by Gasteiger charge is 2.25. The summed E-state index contributed by atoms with van der Waals surface area (Å²) in [5.41, 5.74) is 1.81. The van der Waals surface area contributed by atoms with Crippen molar-refractivity contribution in [3.8, 4) is 23.0 Å². The van der Waals surface area contributed by atoms with Crippen LogP contribution in [-0.4, -0.2) is 91.6 Å². The number of amides is 1. The number of rotatable bonds is 8. The van der Waals surface area contributed by atoms with Crippen molar-refractivity contribution in [2.24, 2.45) is 0 Å². The smallest absolute Gasteiger partial charge is 0.257 e. The summed E-state index contributed by atoms with van der Waals surface area (Å²) >= 11 is 3.31. The molecule has 2 aliphatic rings. The minimum absolute atomic E-state index is 0.0609. The van der Waals surface area contributed by atoms with Crippen LogP contribution in [0.15, 0.2) is 40.9 Å². The standard InChI is InChI=1S/C28H31BrN6O6/c1-38-22-15-19(16-23(39-2)24(22)40-3)30-27-31-25(32-28(33-27)35-10-12-41-13-11-35)17-6-8-34(9-7-17)26(37)20-5-4-18(29)14-21(20)36/h4-6,14-16,36H,7-13H2,1-3H3,(H,30,31,32,33). The zero-order valence-electron chi connectivity index (χ0n) is 23.0. The molecular formula is C28H31BrN6O6. The van der Waals surface area contributed by atoms with E-state index in [1.807, 2.05) is 6.08 Å². The molecule has 0 atom stereocenters. The molecule has 1 saturated heterocycles. The predicted molar refractivity (Wildman–Crippen MR) is 157 cm³/mol. The fourth-order valence-electron chi connectivity index (χ4n) is 4.66. The lowest BCUT2D eigenvalue weighted by Crippen LogP contribution is -2.38. The molecule has 0 unspecified atom stereocenters. The van der Waals surface area contributed by atoms with Gasteiger partial charge in [-0.05, 0) is 30.2 Å². The summed E-state index contributed by atoms with van der Waals surface area (Å²) in [6.07, 6.45) is 2.48. The van der Waals surface area contributed by atoms with Gasteiger partial charge in [0.2, 0.25) is 17.6 Å². The van der Waals surface area contributed by atoms with Crippen LogP contribution in [0.4, 0.5) is 17.6 Å². The van der Waals surface area contributed by atoms with Crippen LogP contribution in [0.1, 0.15) is 22.6 Å². The number of ether oxygens (including phenoxy) is 4. The van der Waals surface area contributed by atoms with E-state index in [1.165, 1.54) is 6.07 Å². The Morgan fingerprint density at radius 3 is 2.34 bits per heavy atom. The summed E-state index contributed by atoms with van der Waals surface area (Å²) in [7, 11) is 4.66. The van der Waals surface area contributed by atoms with Gasteiger partial charge >= 0.3 is 0 Å². The SMILES string of the molecule is COc1cc(Nc2nc(C3=CCN(C(=O)c4ccc(Br)cc4O)CC3)nc(N3CCOCC3)n2)cc(OC)c1OC. The van der Waals surface area contributed by atoms with E-state index in [-0.39, 0.29) is 17.2 Å². The summed E-state index contributed by atoms with van der Waals surface area (Å²) in [6, 6.07) is 8.42. The molecule has 2 N–H and O–H groups in total. The number of hydrogen-bond donors (Lipinski definition) is 2. The van der Waals surface area contributed by atoms with E-state index in [0.29, 0.717) is 90.9 Å². The fourth-order valence-corrected chi connectivity index (χ4v) is 5.01. The molecule has 12 nitrogen and oxygen atoms in total. The van der Waals surface area contributed by atoms with Crippen LogP contribution in [0.25, 0.3) is 5.57 Å². The van der Waals surface area contributed by atoms with Crippen LogP contribution >= 0.6 is 15.9 Å². The minimum atomic E-state index is -0.236. The number of aromatic hydroxyl groups is 1. The van der Waals surface area contributed by atoms with Crippen LogP contribution in [0.3, 0.4) is 0 Å². The first-order valence-electron chi connectivity index (χ1n) is 13.0. The maximum Gasteiger partial charge on any atom is 0.257 e. The van der Waals surface area contributed by atoms with Crippen LogP contribution in [-0.2, 0) is 4.74 Å². The zero-order chi connectivity index (χ0) is 28.9. The van der Waals surface area contributed by atoms with E-state index < -0.39 is 0 Å². The second kappa shape index (κ2) is 12.6. The fraction of sp³-hybridized carbons (Fsp3) is 0.357. The molecule has 0 aliphatic carbocycles. The molecule has 3 aromatic rings. The van der Waals surface area contributed by atoms with Crippen LogP contribution in [0.5, 0.6) is 23.0 Å². The highest BCUT2D eigenvalue weighted by Crippen LogP contribution is 2.40. The van der Waals surface area contributed by atoms with Crippen LogP contribution in [0, 0.1) is 0 Å². The molecule has 13 heteroatoms. The van der Waals surface area contributed by atoms with Gasteiger partial charge < -0.3 is 39.2 Å². The number of halogens is 1. The Kier molecular flexibility index (Phi) is 8.74. The second-order valence-electron chi connectivity index (χ2n) is 9.31. The molecule has 0 radical (unpaired) electrons. The predicted octanol–water partition coefficient (Wildman–Crippen LogP) is 3.88. The third kappa shape index (κ3) is 6.30. The molecular weight excluding hydrogens is 596 g/mol. The maximum atomic E-state index is 13.1. The van der Waals surface area contributed by atoms with Crippen molar-refractivity contribution < 1.29 is 28.8 Å². The molecule has 41 heavy (non-hydrogen) atoms. The topological polar surface area (TPSA) is 131 Å². The normalized spacial score (nSPS) is 15.3. The third-order valence-electron chi connectivity index (χ3n) is 6.81. The number of morpholine rings is 1. The number of phenols is 1. The first kappa shape index (κ1) is 28.4. The van der Waals surface area contributed by atoms with Gasteiger partial charge in [-0.1, -0.05) is 22.0 Å². The Labute approximate surface area is 246 Å². The molecule has 1 fully saturated rings. The van der Waals surface area contributed by atoms with Crippen LogP contribution in [0.2, 0.25) is 0 Å². The number of nitrogens with one attached hydrogen (secondary N) is 1. The number of phenolic OH excluding ortho intramolecular Hbond substituents is 1. The highest BCUT2D eigenvalue weighted by molar-refractivity contribution is 9.10.